The van der Waals surface area contributed by atoms with Crippen molar-refractivity contribution in [1.82, 2.24) is 5.32 Å². The Morgan fingerprint density at radius 1 is 1.44 bits per heavy atom. The highest BCUT2D eigenvalue weighted by molar-refractivity contribution is 5.82. The lowest BCUT2D eigenvalue weighted by Gasteiger charge is -2.15. The topological polar surface area (TPSA) is 38.3 Å². The zero-order valence-electron chi connectivity index (χ0n) is 10.8. The normalized spacial score (nSPS) is 12.7. The molecule has 0 amide bonds. The van der Waals surface area contributed by atoms with Crippen molar-refractivity contribution in [1.29, 1.82) is 0 Å². The second-order valence-electron chi connectivity index (χ2n) is 4.02. The van der Waals surface area contributed by atoms with Crippen molar-refractivity contribution in [2.75, 3.05) is 6.61 Å². The minimum atomic E-state index is -0.361. The van der Waals surface area contributed by atoms with Gasteiger partial charge in [-0.25, -0.2) is 4.79 Å². The fourth-order valence-electron chi connectivity index (χ4n) is 1.57. The van der Waals surface area contributed by atoms with Crippen LogP contribution in [0, 0.1) is 0 Å². The smallest absolute Gasteiger partial charge is 0.332 e. The van der Waals surface area contributed by atoms with Gasteiger partial charge >= 0.3 is 5.97 Å². The van der Waals surface area contributed by atoms with Gasteiger partial charge in [-0.3, -0.25) is 0 Å². The Labute approximate surface area is 108 Å². The van der Waals surface area contributed by atoms with Gasteiger partial charge in [0, 0.05) is 17.8 Å². The largest absolute Gasteiger partial charge is 0.458 e. The molecular formula is C15H19NO2. The van der Waals surface area contributed by atoms with Gasteiger partial charge in [0.1, 0.15) is 6.61 Å². The molecule has 1 atom stereocenters. The average Bonchev–Trinajstić information content (AvgIpc) is 2.37. The first-order valence-corrected chi connectivity index (χ1v) is 5.91. The van der Waals surface area contributed by atoms with Gasteiger partial charge in [0.05, 0.1) is 0 Å². The van der Waals surface area contributed by atoms with E-state index < -0.39 is 0 Å². The summed E-state index contributed by atoms with van der Waals surface area (Å²) in [4.78, 5) is 11.3. The van der Waals surface area contributed by atoms with Gasteiger partial charge in [-0.2, -0.15) is 0 Å². The Bertz CT molecular complexity index is 423. The van der Waals surface area contributed by atoms with Crippen LogP contribution in [0.5, 0.6) is 0 Å². The van der Waals surface area contributed by atoms with Gasteiger partial charge in [-0.15, -0.1) is 0 Å². The molecule has 1 rings (SSSR count). The van der Waals surface area contributed by atoms with Crippen LogP contribution in [0.3, 0.4) is 0 Å². The first-order valence-electron chi connectivity index (χ1n) is 5.91. The van der Waals surface area contributed by atoms with Crippen LogP contribution >= 0.6 is 0 Å². The second-order valence-corrected chi connectivity index (χ2v) is 4.02. The standard InChI is InChI=1S/C15H19NO2/c1-4-10-18-15(17)11-12(2)16-13(3)14-8-6-5-7-9-14/h4-9,11,13,16H,1,10H2,2-3H3/b12-11-/t13-/m1/s1. The van der Waals surface area contributed by atoms with E-state index in [1.54, 1.807) is 6.08 Å². The zero-order chi connectivity index (χ0) is 13.4. The maximum atomic E-state index is 11.3. The monoisotopic (exact) mass is 245 g/mol. The van der Waals surface area contributed by atoms with Crippen LogP contribution < -0.4 is 5.32 Å². The van der Waals surface area contributed by atoms with Crippen LogP contribution in [-0.2, 0) is 9.53 Å². The summed E-state index contributed by atoms with van der Waals surface area (Å²) < 4.78 is 4.88. The number of rotatable bonds is 6. The Morgan fingerprint density at radius 2 is 2.11 bits per heavy atom. The van der Waals surface area contributed by atoms with Crippen LogP contribution in [0.1, 0.15) is 25.5 Å². The number of hydrogen-bond acceptors (Lipinski definition) is 3. The number of benzene rings is 1. The van der Waals surface area contributed by atoms with Crippen molar-refractivity contribution >= 4 is 5.97 Å². The van der Waals surface area contributed by atoms with Crippen molar-refractivity contribution in [2.45, 2.75) is 19.9 Å². The molecule has 0 bridgehead atoms. The van der Waals surface area contributed by atoms with E-state index in [2.05, 4.69) is 11.9 Å². The minimum absolute atomic E-state index is 0.148. The van der Waals surface area contributed by atoms with Gasteiger partial charge in [0.15, 0.2) is 0 Å². The molecule has 0 aliphatic heterocycles. The van der Waals surface area contributed by atoms with Gasteiger partial charge in [0.25, 0.3) is 0 Å². The van der Waals surface area contributed by atoms with E-state index in [0.29, 0.717) is 0 Å². The van der Waals surface area contributed by atoms with Gasteiger partial charge in [0.2, 0.25) is 0 Å². The van der Waals surface area contributed by atoms with E-state index in [1.807, 2.05) is 44.2 Å². The number of hydrogen-bond donors (Lipinski definition) is 1. The molecule has 0 fully saturated rings. The Kier molecular flexibility index (Phi) is 5.71. The molecule has 0 aliphatic carbocycles. The molecule has 96 valence electrons. The number of esters is 1. The molecule has 0 saturated carbocycles. The van der Waals surface area contributed by atoms with Gasteiger partial charge < -0.3 is 10.1 Å². The third kappa shape index (κ3) is 4.87. The van der Waals surface area contributed by atoms with Gasteiger partial charge in [-0.1, -0.05) is 43.0 Å². The number of carbonyl (C=O) groups is 1. The summed E-state index contributed by atoms with van der Waals surface area (Å²) in [5.41, 5.74) is 1.95. The third-order valence-electron chi connectivity index (χ3n) is 2.42. The Hall–Kier alpha value is -2.03. The molecule has 0 aromatic heterocycles. The molecule has 1 aromatic rings. The number of nitrogens with one attached hydrogen (secondary N) is 1. The van der Waals surface area contributed by atoms with Crippen LogP contribution in [0.4, 0.5) is 0 Å². The molecule has 18 heavy (non-hydrogen) atoms. The second kappa shape index (κ2) is 7.33. The first-order chi connectivity index (χ1) is 8.63. The summed E-state index contributed by atoms with van der Waals surface area (Å²) in [7, 11) is 0. The molecule has 0 spiro atoms. The molecule has 0 heterocycles. The predicted octanol–water partition coefficient (Wildman–Crippen LogP) is 2.97. The van der Waals surface area contributed by atoms with Crippen molar-refractivity contribution < 1.29 is 9.53 Å². The highest BCUT2D eigenvalue weighted by Gasteiger charge is 2.05. The molecule has 1 aromatic carbocycles. The minimum Gasteiger partial charge on any atom is -0.458 e. The quantitative estimate of drug-likeness (QED) is 0.475. The molecule has 0 saturated heterocycles. The van der Waals surface area contributed by atoms with Crippen molar-refractivity contribution in [2.24, 2.45) is 0 Å². The van der Waals surface area contributed by atoms with Crippen LogP contribution in [-0.4, -0.2) is 12.6 Å². The molecule has 0 aliphatic rings. The number of carbonyl (C=O) groups excluding carboxylic acids is 1. The van der Waals surface area contributed by atoms with Crippen LogP contribution in [0.25, 0.3) is 0 Å². The third-order valence-corrected chi connectivity index (χ3v) is 2.42. The summed E-state index contributed by atoms with van der Waals surface area (Å²) >= 11 is 0. The summed E-state index contributed by atoms with van der Waals surface area (Å²) in [5.74, 6) is -0.361. The van der Waals surface area contributed by atoms with E-state index in [0.717, 1.165) is 5.70 Å². The molecule has 1 N–H and O–H groups in total. The molecule has 3 heteroatoms. The maximum Gasteiger partial charge on any atom is 0.332 e. The van der Waals surface area contributed by atoms with E-state index in [-0.39, 0.29) is 18.6 Å². The Balaban J connectivity index is 2.53. The van der Waals surface area contributed by atoms with E-state index >= 15 is 0 Å². The molecule has 0 radical (unpaired) electrons. The summed E-state index contributed by atoms with van der Waals surface area (Å²) in [5, 5.41) is 3.24. The predicted molar refractivity (Wildman–Crippen MR) is 72.9 cm³/mol. The molecule has 3 nitrogen and oxygen atoms in total. The van der Waals surface area contributed by atoms with E-state index in [9.17, 15) is 4.79 Å². The summed E-state index contributed by atoms with van der Waals surface area (Å²) in [6, 6.07) is 10.2. The van der Waals surface area contributed by atoms with Crippen molar-refractivity contribution in [3.63, 3.8) is 0 Å². The lowest BCUT2D eigenvalue weighted by Crippen LogP contribution is -2.17. The van der Waals surface area contributed by atoms with E-state index in [1.165, 1.54) is 11.6 Å². The maximum absolute atomic E-state index is 11.3. The fourth-order valence-corrected chi connectivity index (χ4v) is 1.57. The first kappa shape index (κ1) is 14.0. The lowest BCUT2D eigenvalue weighted by atomic mass is 10.1. The van der Waals surface area contributed by atoms with E-state index in [4.69, 9.17) is 4.74 Å². The average molecular weight is 245 g/mol. The SMILES string of the molecule is C=CCOC(=O)/C=C(/C)N[C@H](C)c1ccccc1. The number of ether oxygens (including phenoxy) is 1. The van der Waals surface area contributed by atoms with Gasteiger partial charge in [-0.05, 0) is 19.4 Å². The highest BCUT2D eigenvalue weighted by atomic mass is 16.5. The van der Waals surface area contributed by atoms with Crippen molar-refractivity contribution in [3.8, 4) is 0 Å². The lowest BCUT2D eigenvalue weighted by molar-refractivity contribution is -0.136. The Morgan fingerprint density at radius 3 is 2.72 bits per heavy atom. The number of allylic oxidation sites excluding steroid dienone is 1. The highest BCUT2D eigenvalue weighted by Crippen LogP contribution is 2.12. The van der Waals surface area contributed by atoms with Crippen LogP contribution in [0.2, 0.25) is 0 Å². The van der Waals surface area contributed by atoms with Crippen LogP contribution in [0.15, 0.2) is 54.8 Å². The fraction of sp³-hybridized carbons (Fsp3) is 0.267. The van der Waals surface area contributed by atoms with Crippen molar-refractivity contribution in [3.05, 3.63) is 60.3 Å². The summed E-state index contributed by atoms with van der Waals surface area (Å²) in [6.07, 6.45) is 2.99. The summed E-state index contributed by atoms with van der Waals surface area (Å²) in [6.45, 7) is 7.60. The molecular weight excluding hydrogens is 226 g/mol. The zero-order valence-corrected chi connectivity index (χ0v) is 10.8. The molecule has 0 unspecified atom stereocenters.